The molecule has 0 unspecified atom stereocenters. The van der Waals surface area contributed by atoms with Crippen LogP contribution in [0.5, 0.6) is 0 Å². The second-order valence-electron chi connectivity index (χ2n) is 8.79. The van der Waals surface area contributed by atoms with E-state index in [2.05, 4.69) is 78.4 Å². The highest BCUT2D eigenvalue weighted by molar-refractivity contribution is 5.86. The predicted molar refractivity (Wildman–Crippen MR) is 131 cm³/mol. The topological polar surface area (TPSA) is 43.0 Å². The Morgan fingerprint density at radius 1 is 0.812 bits per heavy atom. The lowest BCUT2D eigenvalue weighted by molar-refractivity contribution is 0.135. The monoisotopic (exact) mass is 423 g/mol. The van der Waals surface area contributed by atoms with E-state index in [1.54, 1.807) is 0 Å². The summed E-state index contributed by atoms with van der Waals surface area (Å²) in [5.74, 6) is 0.984. The molecule has 0 saturated carbocycles. The Labute approximate surface area is 188 Å². The van der Waals surface area contributed by atoms with Crippen molar-refractivity contribution in [3.05, 3.63) is 101 Å². The number of aliphatic hydroxyl groups is 1. The van der Waals surface area contributed by atoms with Gasteiger partial charge in [0.25, 0.3) is 0 Å². The number of para-hydroxylation sites is 2. The maximum Gasteiger partial charge on any atom is 0.114 e. The summed E-state index contributed by atoms with van der Waals surface area (Å²) in [6.45, 7) is 7.49. The van der Waals surface area contributed by atoms with Crippen LogP contribution in [0.1, 0.15) is 28.2 Å². The van der Waals surface area contributed by atoms with Gasteiger partial charge in [-0.15, -0.1) is 0 Å². The lowest BCUT2D eigenvalue weighted by Crippen LogP contribution is -2.24. The van der Waals surface area contributed by atoms with Crippen LogP contribution in [-0.2, 0) is 19.5 Å². The van der Waals surface area contributed by atoms with E-state index in [1.165, 1.54) is 33.3 Å². The van der Waals surface area contributed by atoms with Gasteiger partial charge >= 0.3 is 0 Å². The molecular formula is C28H29N3O. The van der Waals surface area contributed by atoms with Crippen molar-refractivity contribution in [2.45, 2.75) is 46.4 Å². The molecule has 32 heavy (non-hydrogen) atoms. The van der Waals surface area contributed by atoms with E-state index in [-0.39, 0.29) is 0 Å². The van der Waals surface area contributed by atoms with E-state index in [0.29, 0.717) is 13.1 Å². The highest BCUT2D eigenvalue weighted by Gasteiger charge is 2.18. The Balaban J connectivity index is 1.48. The van der Waals surface area contributed by atoms with Gasteiger partial charge in [-0.3, -0.25) is 0 Å². The summed E-state index contributed by atoms with van der Waals surface area (Å²) < 4.78 is 4.44. The fourth-order valence-electron chi connectivity index (χ4n) is 4.72. The molecule has 0 aliphatic rings. The molecule has 2 aromatic heterocycles. The lowest BCUT2D eigenvalue weighted by atomic mass is 10.1. The first-order valence-electron chi connectivity index (χ1n) is 11.2. The van der Waals surface area contributed by atoms with E-state index >= 15 is 0 Å². The molecule has 5 aromatic rings. The second-order valence-corrected chi connectivity index (χ2v) is 8.79. The van der Waals surface area contributed by atoms with Crippen LogP contribution in [0.4, 0.5) is 0 Å². The van der Waals surface area contributed by atoms with E-state index in [0.717, 1.165) is 23.3 Å². The Morgan fingerprint density at radius 2 is 1.53 bits per heavy atom. The molecule has 5 rings (SSSR count). The Kier molecular flexibility index (Phi) is 5.32. The highest BCUT2D eigenvalue weighted by Crippen LogP contribution is 2.27. The van der Waals surface area contributed by atoms with Crippen molar-refractivity contribution in [1.29, 1.82) is 0 Å². The fourth-order valence-corrected chi connectivity index (χ4v) is 4.72. The maximum atomic E-state index is 11.2. The molecule has 4 nitrogen and oxygen atoms in total. The molecule has 0 spiro atoms. The Morgan fingerprint density at radius 3 is 2.34 bits per heavy atom. The minimum absolute atomic E-state index is 0.507. The SMILES string of the molecule is Cc1ccc2c(c1)c(C)c(C)n2C[C@@H](O)Cn1c(Cc2ccccc2)nc2ccccc21. The van der Waals surface area contributed by atoms with Crippen LogP contribution in [0.15, 0.2) is 72.8 Å². The van der Waals surface area contributed by atoms with Gasteiger partial charge in [0.05, 0.1) is 30.2 Å². The van der Waals surface area contributed by atoms with E-state index in [9.17, 15) is 5.11 Å². The van der Waals surface area contributed by atoms with Crippen molar-refractivity contribution in [2.75, 3.05) is 0 Å². The Bertz CT molecular complexity index is 1400. The molecular weight excluding hydrogens is 394 g/mol. The molecule has 0 aliphatic carbocycles. The van der Waals surface area contributed by atoms with Crippen molar-refractivity contribution in [3.8, 4) is 0 Å². The van der Waals surface area contributed by atoms with Gasteiger partial charge in [-0.2, -0.15) is 0 Å². The average molecular weight is 424 g/mol. The minimum atomic E-state index is -0.530. The number of aliphatic hydroxyl groups excluding tert-OH is 1. The molecule has 1 atom stereocenters. The zero-order valence-corrected chi connectivity index (χ0v) is 18.9. The standard InChI is InChI=1S/C28H29N3O/c1-19-13-14-26-24(15-19)20(2)21(3)30(26)17-23(32)18-31-27-12-8-7-11-25(27)29-28(31)16-22-9-5-4-6-10-22/h4-15,23,32H,16-18H2,1-3H3/t23-/m1/s1. The number of fused-ring (bicyclic) bond motifs is 2. The number of imidazole rings is 1. The first-order valence-corrected chi connectivity index (χ1v) is 11.2. The molecule has 0 radical (unpaired) electrons. The molecule has 0 saturated heterocycles. The first-order chi connectivity index (χ1) is 15.5. The first kappa shape index (κ1) is 20.5. The maximum absolute atomic E-state index is 11.2. The third-order valence-corrected chi connectivity index (χ3v) is 6.52. The number of aryl methyl sites for hydroxylation is 2. The molecule has 2 heterocycles. The number of benzene rings is 3. The smallest absolute Gasteiger partial charge is 0.114 e. The van der Waals surface area contributed by atoms with Crippen LogP contribution in [0.2, 0.25) is 0 Å². The number of hydrogen-bond donors (Lipinski definition) is 1. The van der Waals surface area contributed by atoms with Gasteiger partial charge in [0, 0.05) is 23.0 Å². The quantitative estimate of drug-likeness (QED) is 0.388. The van der Waals surface area contributed by atoms with Crippen LogP contribution in [0, 0.1) is 20.8 Å². The van der Waals surface area contributed by atoms with Crippen molar-refractivity contribution in [3.63, 3.8) is 0 Å². The molecule has 1 N–H and O–H groups in total. The predicted octanol–water partition coefficient (Wildman–Crippen LogP) is 5.57. The summed E-state index contributed by atoms with van der Waals surface area (Å²) in [5, 5.41) is 12.5. The van der Waals surface area contributed by atoms with Crippen LogP contribution >= 0.6 is 0 Å². The summed E-state index contributed by atoms with van der Waals surface area (Å²) in [6, 6.07) is 25.1. The van der Waals surface area contributed by atoms with Crippen LogP contribution in [0.25, 0.3) is 21.9 Å². The summed E-state index contributed by atoms with van der Waals surface area (Å²) >= 11 is 0. The molecule has 4 heteroatoms. The van der Waals surface area contributed by atoms with Crippen LogP contribution < -0.4 is 0 Å². The number of hydrogen-bond acceptors (Lipinski definition) is 2. The minimum Gasteiger partial charge on any atom is -0.389 e. The van der Waals surface area contributed by atoms with Gasteiger partial charge in [-0.25, -0.2) is 4.98 Å². The number of aromatic nitrogens is 3. The average Bonchev–Trinajstić information content (AvgIpc) is 3.24. The number of rotatable bonds is 6. The van der Waals surface area contributed by atoms with Crippen molar-refractivity contribution in [1.82, 2.24) is 14.1 Å². The third kappa shape index (κ3) is 3.71. The molecule has 0 amide bonds. The summed E-state index contributed by atoms with van der Waals surface area (Å²) in [4.78, 5) is 4.89. The molecule has 0 aliphatic heterocycles. The summed E-state index contributed by atoms with van der Waals surface area (Å²) in [7, 11) is 0. The molecule has 0 fully saturated rings. The van der Waals surface area contributed by atoms with Crippen molar-refractivity contribution >= 4 is 21.9 Å². The van der Waals surface area contributed by atoms with Gasteiger partial charge in [-0.05, 0) is 56.2 Å². The van der Waals surface area contributed by atoms with E-state index < -0.39 is 6.10 Å². The van der Waals surface area contributed by atoms with Crippen molar-refractivity contribution < 1.29 is 5.11 Å². The van der Waals surface area contributed by atoms with Gasteiger partial charge < -0.3 is 14.2 Å². The lowest BCUT2D eigenvalue weighted by Gasteiger charge is -2.18. The van der Waals surface area contributed by atoms with E-state index in [1.807, 2.05) is 24.3 Å². The van der Waals surface area contributed by atoms with Gasteiger partial charge in [0.2, 0.25) is 0 Å². The van der Waals surface area contributed by atoms with E-state index in [4.69, 9.17) is 4.98 Å². The highest BCUT2D eigenvalue weighted by atomic mass is 16.3. The van der Waals surface area contributed by atoms with Crippen molar-refractivity contribution in [2.24, 2.45) is 0 Å². The van der Waals surface area contributed by atoms with Crippen LogP contribution in [0.3, 0.4) is 0 Å². The largest absolute Gasteiger partial charge is 0.389 e. The van der Waals surface area contributed by atoms with Gasteiger partial charge in [0.15, 0.2) is 0 Å². The Hall–Kier alpha value is -3.37. The molecule has 162 valence electrons. The number of nitrogens with zero attached hydrogens (tertiary/aromatic N) is 3. The summed E-state index contributed by atoms with van der Waals surface area (Å²) in [6.07, 6.45) is 0.212. The molecule has 3 aromatic carbocycles. The van der Waals surface area contributed by atoms with Gasteiger partial charge in [-0.1, -0.05) is 54.1 Å². The van der Waals surface area contributed by atoms with Crippen LogP contribution in [-0.4, -0.2) is 25.3 Å². The summed E-state index contributed by atoms with van der Waals surface area (Å²) in [5.41, 5.74) is 8.20. The third-order valence-electron chi connectivity index (χ3n) is 6.52. The zero-order chi connectivity index (χ0) is 22.2. The normalized spacial score (nSPS) is 12.6. The van der Waals surface area contributed by atoms with Gasteiger partial charge in [0.1, 0.15) is 5.82 Å². The fraction of sp³-hybridized carbons (Fsp3) is 0.250. The zero-order valence-electron chi connectivity index (χ0n) is 18.9. The molecule has 0 bridgehead atoms. The second kappa shape index (κ2) is 8.29.